The van der Waals surface area contributed by atoms with E-state index in [0.29, 0.717) is 27.1 Å². The molecule has 0 aliphatic carbocycles. The molecule has 0 unspecified atom stereocenters. The van der Waals surface area contributed by atoms with Gasteiger partial charge < -0.3 is 5.21 Å². The molecule has 1 aromatic heterocycles. The number of carbonyl (C=O) groups is 1. The molecular weight excluding hydrogens is 266 g/mol. The highest BCUT2D eigenvalue weighted by atomic mass is 16.5. The number of rotatable bonds is 3. The van der Waals surface area contributed by atoms with Crippen LogP contribution in [0.15, 0.2) is 54.6 Å². The van der Waals surface area contributed by atoms with E-state index in [4.69, 9.17) is 0 Å². The molecule has 3 aromatic rings. The van der Waals surface area contributed by atoms with Gasteiger partial charge in [-0.1, -0.05) is 36.9 Å². The number of fused-ring (bicyclic) bond motifs is 1. The van der Waals surface area contributed by atoms with E-state index in [2.05, 4.69) is 16.8 Å². The molecular formula is C16H13N3O2. The summed E-state index contributed by atoms with van der Waals surface area (Å²) >= 11 is 0. The number of allylic oxidation sites excluding steroid dienone is 1. The van der Waals surface area contributed by atoms with E-state index < -0.39 is 0 Å². The first-order chi connectivity index (χ1) is 10.1. The Labute approximate surface area is 121 Å². The Morgan fingerprint density at radius 2 is 1.95 bits per heavy atom. The van der Waals surface area contributed by atoms with Crippen molar-refractivity contribution < 1.29 is 10.0 Å². The van der Waals surface area contributed by atoms with Crippen LogP contribution in [-0.4, -0.2) is 26.1 Å². The summed E-state index contributed by atoms with van der Waals surface area (Å²) in [6.07, 6.45) is 0. The van der Waals surface area contributed by atoms with Gasteiger partial charge in [-0.2, -0.15) is 0 Å². The molecule has 0 radical (unpaired) electrons. The average molecular weight is 279 g/mol. The average Bonchev–Trinajstić information content (AvgIpc) is 2.86. The van der Waals surface area contributed by atoms with Crippen molar-refractivity contribution in [2.75, 3.05) is 0 Å². The summed E-state index contributed by atoms with van der Waals surface area (Å²) in [5, 5.41) is 17.2. The maximum absolute atomic E-state index is 12.0. The number of aromatic nitrogens is 3. The Morgan fingerprint density at radius 1 is 1.19 bits per heavy atom. The predicted molar refractivity (Wildman–Crippen MR) is 79.3 cm³/mol. The van der Waals surface area contributed by atoms with E-state index in [9.17, 15) is 10.0 Å². The van der Waals surface area contributed by atoms with Gasteiger partial charge in [0.2, 0.25) is 0 Å². The second kappa shape index (κ2) is 4.86. The lowest BCUT2D eigenvalue weighted by molar-refractivity contribution is 0.103. The minimum Gasteiger partial charge on any atom is -0.396 e. The van der Waals surface area contributed by atoms with Crippen molar-refractivity contribution in [2.45, 2.75) is 6.92 Å². The number of hydrogen-bond acceptors (Lipinski definition) is 4. The van der Waals surface area contributed by atoms with Crippen LogP contribution in [0.1, 0.15) is 17.3 Å². The normalized spacial score (nSPS) is 10.7. The zero-order valence-electron chi connectivity index (χ0n) is 11.4. The van der Waals surface area contributed by atoms with Crippen LogP contribution in [0, 0.1) is 0 Å². The van der Waals surface area contributed by atoms with Crippen molar-refractivity contribution in [3.05, 3.63) is 60.2 Å². The summed E-state index contributed by atoms with van der Waals surface area (Å²) in [5.74, 6) is -0.0881. The summed E-state index contributed by atoms with van der Waals surface area (Å²) in [6.45, 7) is 5.37. The fourth-order valence-corrected chi connectivity index (χ4v) is 2.23. The molecule has 0 bridgehead atoms. The molecule has 1 heterocycles. The summed E-state index contributed by atoms with van der Waals surface area (Å²) in [7, 11) is 0. The van der Waals surface area contributed by atoms with Crippen LogP contribution >= 0.6 is 0 Å². The Kier molecular flexibility index (Phi) is 3.02. The maximum Gasteiger partial charge on any atom is 0.188 e. The second-order valence-corrected chi connectivity index (χ2v) is 4.83. The van der Waals surface area contributed by atoms with Crippen molar-refractivity contribution in [3.63, 3.8) is 0 Å². The van der Waals surface area contributed by atoms with Gasteiger partial charge in [-0.15, -0.1) is 10.2 Å². The second-order valence-electron chi connectivity index (χ2n) is 4.83. The van der Waals surface area contributed by atoms with Crippen molar-refractivity contribution in [1.82, 2.24) is 15.2 Å². The van der Waals surface area contributed by atoms with Crippen LogP contribution in [0.5, 0.6) is 0 Å². The van der Waals surface area contributed by atoms with E-state index in [-0.39, 0.29) is 5.78 Å². The van der Waals surface area contributed by atoms with E-state index >= 15 is 0 Å². The highest BCUT2D eigenvalue weighted by molar-refractivity contribution is 6.08. The topological polar surface area (TPSA) is 68.0 Å². The SMILES string of the molecule is C=C(C)C(=O)c1cccc(-c2cccc3nn(O)nc23)c1. The number of nitrogens with zero attached hydrogens (tertiary/aromatic N) is 3. The van der Waals surface area contributed by atoms with Crippen LogP contribution in [0.25, 0.3) is 22.2 Å². The summed E-state index contributed by atoms with van der Waals surface area (Å²) in [6, 6.07) is 12.7. The van der Waals surface area contributed by atoms with Gasteiger partial charge in [0, 0.05) is 11.1 Å². The number of hydrogen-bond donors (Lipinski definition) is 1. The fourth-order valence-electron chi connectivity index (χ4n) is 2.23. The maximum atomic E-state index is 12.0. The number of benzene rings is 2. The van der Waals surface area contributed by atoms with Gasteiger partial charge in [-0.25, -0.2) is 0 Å². The van der Waals surface area contributed by atoms with Crippen molar-refractivity contribution in [2.24, 2.45) is 0 Å². The van der Waals surface area contributed by atoms with Crippen LogP contribution in [0.4, 0.5) is 0 Å². The molecule has 104 valence electrons. The molecule has 0 aliphatic heterocycles. The standard InChI is InChI=1S/C16H13N3O2/c1-10(2)16(20)12-6-3-5-11(9-12)13-7-4-8-14-15(13)18-19(21)17-14/h3-9,21H,1H2,2H3. The predicted octanol–water partition coefficient (Wildman–Crippen LogP) is 3.09. The molecule has 0 atom stereocenters. The molecule has 5 heteroatoms. The van der Waals surface area contributed by atoms with E-state index in [0.717, 1.165) is 11.1 Å². The van der Waals surface area contributed by atoms with E-state index in [1.54, 1.807) is 25.1 Å². The van der Waals surface area contributed by atoms with Gasteiger partial charge in [-0.3, -0.25) is 4.79 Å². The Hall–Kier alpha value is -2.95. The zero-order valence-corrected chi connectivity index (χ0v) is 11.4. The highest BCUT2D eigenvalue weighted by Gasteiger charge is 2.12. The number of ketones is 1. The van der Waals surface area contributed by atoms with E-state index in [1.165, 1.54) is 0 Å². The van der Waals surface area contributed by atoms with Crippen molar-refractivity contribution in [1.29, 1.82) is 0 Å². The quantitative estimate of drug-likeness (QED) is 0.454. The first-order valence-corrected chi connectivity index (χ1v) is 6.42. The summed E-state index contributed by atoms with van der Waals surface area (Å²) in [5.41, 5.74) is 3.89. The summed E-state index contributed by atoms with van der Waals surface area (Å²) in [4.78, 5) is 12.6. The molecule has 0 saturated heterocycles. The van der Waals surface area contributed by atoms with Crippen LogP contribution in [-0.2, 0) is 0 Å². The third-order valence-electron chi connectivity index (χ3n) is 3.22. The molecule has 3 rings (SSSR count). The van der Waals surface area contributed by atoms with Gasteiger partial charge in [0.1, 0.15) is 11.0 Å². The minimum absolute atomic E-state index is 0.0881. The molecule has 5 nitrogen and oxygen atoms in total. The lowest BCUT2D eigenvalue weighted by atomic mass is 9.98. The molecule has 0 aliphatic rings. The largest absolute Gasteiger partial charge is 0.396 e. The van der Waals surface area contributed by atoms with Crippen LogP contribution in [0.3, 0.4) is 0 Å². The van der Waals surface area contributed by atoms with Crippen molar-refractivity contribution >= 4 is 16.8 Å². The molecule has 0 amide bonds. The summed E-state index contributed by atoms with van der Waals surface area (Å²) < 4.78 is 0. The fraction of sp³-hybridized carbons (Fsp3) is 0.0625. The lowest BCUT2D eigenvalue weighted by Crippen LogP contribution is -1.99. The van der Waals surface area contributed by atoms with Crippen LogP contribution in [0.2, 0.25) is 0 Å². The van der Waals surface area contributed by atoms with Gasteiger partial charge in [0.05, 0.1) is 0 Å². The molecule has 1 N–H and O–H groups in total. The Morgan fingerprint density at radius 3 is 2.71 bits per heavy atom. The Balaban J connectivity index is 2.17. The number of Topliss-reactive ketones (excluding diaryl/α,β-unsaturated/α-hetero) is 1. The van der Waals surface area contributed by atoms with Gasteiger partial charge in [0.15, 0.2) is 5.78 Å². The zero-order chi connectivity index (χ0) is 15.0. The van der Waals surface area contributed by atoms with Gasteiger partial charge in [0.25, 0.3) is 0 Å². The van der Waals surface area contributed by atoms with Crippen molar-refractivity contribution in [3.8, 4) is 11.1 Å². The molecule has 0 spiro atoms. The van der Waals surface area contributed by atoms with E-state index in [1.807, 2.05) is 24.3 Å². The first kappa shape index (κ1) is 13.1. The van der Waals surface area contributed by atoms with Gasteiger partial charge in [-0.05, 0) is 35.2 Å². The molecule has 21 heavy (non-hydrogen) atoms. The smallest absolute Gasteiger partial charge is 0.188 e. The lowest BCUT2D eigenvalue weighted by Gasteiger charge is -2.05. The van der Waals surface area contributed by atoms with Gasteiger partial charge >= 0.3 is 0 Å². The third kappa shape index (κ3) is 2.29. The first-order valence-electron chi connectivity index (χ1n) is 6.42. The monoisotopic (exact) mass is 279 g/mol. The Bertz CT molecular complexity index is 865. The third-order valence-corrected chi connectivity index (χ3v) is 3.22. The van der Waals surface area contributed by atoms with Crippen LogP contribution < -0.4 is 0 Å². The molecule has 2 aromatic carbocycles. The highest BCUT2D eigenvalue weighted by Crippen LogP contribution is 2.27. The molecule has 0 saturated carbocycles. The minimum atomic E-state index is -0.0881. The molecule has 0 fully saturated rings. The number of carbonyl (C=O) groups excluding carboxylic acids is 1.